The fraction of sp³-hybridized carbons (Fsp3) is 0.526. The van der Waals surface area contributed by atoms with Crippen LogP contribution in [0.1, 0.15) is 33.3 Å². The predicted octanol–water partition coefficient (Wildman–Crippen LogP) is 2.84. The van der Waals surface area contributed by atoms with Crippen LogP contribution in [-0.2, 0) is 32.2 Å². The summed E-state index contributed by atoms with van der Waals surface area (Å²) in [6.07, 6.45) is 1.80. The van der Waals surface area contributed by atoms with Crippen LogP contribution in [0.4, 0.5) is 0 Å². The zero-order chi connectivity index (χ0) is 18.4. The first-order valence-electron chi connectivity index (χ1n) is 8.52. The number of hydrogen-bond donors (Lipinski definition) is 0. The van der Waals surface area contributed by atoms with Crippen molar-refractivity contribution in [3.63, 3.8) is 0 Å². The van der Waals surface area contributed by atoms with Gasteiger partial charge in [0.15, 0.2) is 0 Å². The molecule has 6 heteroatoms. The summed E-state index contributed by atoms with van der Waals surface area (Å²) in [5.41, 5.74) is 1.60. The molecule has 0 spiro atoms. The molecular weight excluding hydrogens is 338 g/mol. The number of nitrogens with zero attached hydrogens (tertiary/aromatic N) is 1. The normalized spacial score (nSPS) is 19.6. The third kappa shape index (κ3) is 5.31. The third-order valence-corrected chi connectivity index (χ3v) is 5.71. The summed E-state index contributed by atoms with van der Waals surface area (Å²) >= 11 is -1.24. The molecular formula is C19H27NO4S. The highest BCUT2D eigenvalue weighted by molar-refractivity contribution is 7.90. The van der Waals surface area contributed by atoms with Gasteiger partial charge in [-0.25, -0.2) is 4.79 Å². The average Bonchev–Trinajstić information content (AvgIpc) is 2.98. The Morgan fingerprint density at radius 2 is 2.00 bits per heavy atom. The van der Waals surface area contributed by atoms with E-state index in [0.29, 0.717) is 31.9 Å². The summed E-state index contributed by atoms with van der Waals surface area (Å²) in [5, 5.41) is 0. The van der Waals surface area contributed by atoms with Gasteiger partial charge in [0.2, 0.25) is 0 Å². The highest BCUT2D eigenvalue weighted by Gasteiger charge is 2.44. The van der Waals surface area contributed by atoms with Gasteiger partial charge in [-0.05, 0) is 33.3 Å². The lowest BCUT2D eigenvalue weighted by Gasteiger charge is -2.34. The molecule has 1 heterocycles. The van der Waals surface area contributed by atoms with Gasteiger partial charge in [0.25, 0.3) is 0 Å². The van der Waals surface area contributed by atoms with E-state index >= 15 is 0 Å². The standard InChI is InChI=1S/C19H27NO4S/c1-5-24-18(21)16-11-12-20(25(22)19(2,3)4)17(16)14-23-13-15-9-7-6-8-10-15/h6-11,17H,5,12-14H2,1-4H3/t17-,25+/m0/s1. The van der Waals surface area contributed by atoms with Crippen molar-refractivity contribution in [2.24, 2.45) is 0 Å². The molecule has 1 aromatic carbocycles. The Hall–Kier alpha value is -1.34. The summed E-state index contributed by atoms with van der Waals surface area (Å²) in [4.78, 5) is 12.2. The molecule has 2 atom stereocenters. The molecule has 0 aromatic heterocycles. The molecule has 1 aliphatic heterocycles. The fourth-order valence-corrected chi connectivity index (χ4v) is 3.93. The van der Waals surface area contributed by atoms with Crippen LogP contribution in [0.3, 0.4) is 0 Å². The second-order valence-electron chi connectivity index (χ2n) is 6.86. The summed E-state index contributed by atoms with van der Waals surface area (Å²) in [7, 11) is 0. The van der Waals surface area contributed by atoms with E-state index < -0.39 is 16.1 Å². The smallest absolute Gasteiger partial charge is 0.335 e. The van der Waals surface area contributed by atoms with Crippen molar-refractivity contribution in [2.45, 2.75) is 45.1 Å². The van der Waals surface area contributed by atoms with Crippen molar-refractivity contribution >= 4 is 17.3 Å². The Labute approximate surface area is 153 Å². The van der Waals surface area contributed by atoms with Gasteiger partial charge in [0, 0.05) is 11.4 Å². The average molecular weight is 365 g/mol. The Balaban J connectivity index is 2.07. The summed E-state index contributed by atoms with van der Waals surface area (Å²) in [6.45, 7) is 9.06. The first-order chi connectivity index (χ1) is 11.8. The molecule has 0 unspecified atom stereocenters. The number of carbonyl (C=O) groups excluding carboxylic acids is 1. The molecule has 5 nitrogen and oxygen atoms in total. The second kappa shape index (κ2) is 8.85. The molecule has 0 bridgehead atoms. The van der Waals surface area contributed by atoms with Crippen LogP contribution in [0.15, 0.2) is 42.0 Å². The number of benzene rings is 1. The van der Waals surface area contributed by atoms with E-state index in [-0.39, 0.29) is 12.0 Å². The Morgan fingerprint density at radius 3 is 2.60 bits per heavy atom. The maximum atomic E-state index is 12.8. The van der Waals surface area contributed by atoms with Gasteiger partial charge >= 0.3 is 5.97 Å². The molecule has 138 valence electrons. The highest BCUT2D eigenvalue weighted by atomic mass is 32.2. The van der Waals surface area contributed by atoms with E-state index in [1.165, 1.54) is 0 Å². The summed E-state index contributed by atoms with van der Waals surface area (Å²) in [6, 6.07) is 9.49. The van der Waals surface area contributed by atoms with Crippen molar-refractivity contribution in [1.82, 2.24) is 4.31 Å². The van der Waals surface area contributed by atoms with E-state index in [1.54, 1.807) is 13.0 Å². The number of hydrogen-bond acceptors (Lipinski definition) is 5. The van der Waals surface area contributed by atoms with Gasteiger partial charge in [-0.2, -0.15) is 0 Å². The summed E-state index contributed by atoms with van der Waals surface area (Å²) in [5.74, 6) is -0.357. The molecule has 25 heavy (non-hydrogen) atoms. The number of ether oxygens (including phenoxy) is 2. The van der Waals surface area contributed by atoms with Crippen molar-refractivity contribution in [2.75, 3.05) is 19.8 Å². The van der Waals surface area contributed by atoms with Crippen molar-refractivity contribution in [1.29, 1.82) is 0 Å². The number of carbonyl (C=O) groups is 1. The second-order valence-corrected chi connectivity index (χ2v) is 9.05. The lowest BCUT2D eigenvalue weighted by atomic mass is 10.1. The van der Waals surface area contributed by atoms with E-state index in [9.17, 15) is 9.35 Å². The molecule has 1 aliphatic rings. The highest BCUT2D eigenvalue weighted by Crippen LogP contribution is 2.30. The van der Waals surface area contributed by atoms with Gasteiger partial charge in [-0.15, -0.1) is 4.31 Å². The minimum atomic E-state index is -1.24. The topological polar surface area (TPSA) is 61.8 Å². The van der Waals surface area contributed by atoms with Gasteiger partial charge in [0.05, 0.1) is 31.9 Å². The molecule has 0 N–H and O–H groups in total. The molecule has 0 fully saturated rings. The van der Waals surface area contributed by atoms with Crippen LogP contribution >= 0.6 is 0 Å². The Bertz CT molecular complexity index is 597. The van der Waals surface area contributed by atoms with E-state index in [2.05, 4.69) is 0 Å². The zero-order valence-corrected chi connectivity index (χ0v) is 16.2. The lowest BCUT2D eigenvalue weighted by molar-refractivity contribution is -0.139. The SMILES string of the molecule is CCOC(=O)C1=CCN([S@+]([O-])C(C)(C)C)[C@H]1COCc1ccccc1. The monoisotopic (exact) mass is 365 g/mol. The van der Waals surface area contributed by atoms with Crippen molar-refractivity contribution in [3.8, 4) is 0 Å². The minimum Gasteiger partial charge on any atom is -0.597 e. The van der Waals surface area contributed by atoms with Crippen LogP contribution in [0.5, 0.6) is 0 Å². The molecule has 2 rings (SSSR count). The van der Waals surface area contributed by atoms with Crippen molar-refractivity contribution in [3.05, 3.63) is 47.5 Å². The molecule has 0 radical (unpaired) electrons. The molecule has 1 aromatic rings. The maximum absolute atomic E-state index is 12.8. The van der Waals surface area contributed by atoms with Gasteiger partial charge in [-0.3, -0.25) is 0 Å². The quantitative estimate of drug-likeness (QED) is 0.549. The van der Waals surface area contributed by atoms with Gasteiger partial charge in [0.1, 0.15) is 10.8 Å². The third-order valence-electron chi connectivity index (χ3n) is 3.83. The lowest BCUT2D eigenvalue weighted by Crippen LogP contribution is -2.48. The molecule has 0 saturated heterocycles. The first-order valence-corrected chi connectivity index (χ1v) is 9.62. The number of rotatable bonds is 7. The molecule has 0 amide bonds. The van der Waals surface area contributed by atoms with E-state index in [4.69, 9.17) is 9.47 Å². The van der Waals surface area contributed by atoms with Gasteiger partial charge in [-0.1, -0.05) is 36.4 Å². The minimum absolute atomic E-state index is 0.293. The van der Waals surface area contributed by atoms with Crippen LogP contribution in [0.25, 0.3) is 0 Å². The van der Waals surface area contributed by atoms with E-state index in [0.717, 1.165) is 5.56 Å². The van der Waals surface area contributed by atoms with Crippen LogP contribution in [-0.4, -0.2) is 45.4 Å². The predicted molar refractivity (Wildman–Crippen MR) is 99.2 cm³/mol. The summed E-state index contributed by atoms with van der Waals surface area (Å²) < 4.78 is 25.2. The Morgan fingerprint density at radius 1 is 1.32 bits per heavy atom. The van der Waals surface area contributed by atoms with Crippen LogP contribution in [0, 0.1) is 0 Å². The van der Waals surface area contributed by atoms with E-state index in [1.807, 2.05) is 55.4 Å². The molecule has 0 aliphatic carbocycles. The fourth-order valence-electron chi connectivity index (χ4n) is 2.61. The Kier molecular flexibility index (Phi) is 7.07. The maximum Gasteiger partial charge on any atom is 0.335 e. The zero-order valence-electron chi connectivity index (χ0n) is 15.4. The molecule has 0 saturated carbocycles. The van der Waals surface area contributed by atoms with Crippen LogP contribution in [0.2, 0.25) is 0 Å². The van der Waals surface area contributed by atoms with Gasteiger partial charge < -0.3 is 14.0 Å². The first kappa shape index (κ1) is 20.0. The largest absolute Gasteiger partial charge is 0.597 e. The van der Waals surface area contributed by atoms with Crippen LogP contribution < -0.4 is 0 Å². The van der Waals surface area contributed by atoms with Crippen molar-refractivity contribution < 1.29 is 18.8 Å². The number of esters is 1.